The third-order valence-electron chi connectivity index (χ3n) is 6.65. The van der Waals surface area contributed by atoms with Crippen molar-refractivity contribution >= 4 is 11.8 Å². The maximum atomic E-state index is 13.9. The molecule has 0 spiro atoms. The van der Waals surface area contributed by atoms with Crippen LogP contribution in [0.5, 0.6) is 5.75 Å². The highest BCUT2D eigenvalue weighted by atomic mass is 16.5. The highest BCUT2D eigenvalue weighted by Crippen LogP contribution is 2.27. The minimum absolute atomic E-state index is 0.136. The summed E-state index contributed by atoms with van der Waals surface area (Å²) in [5.41, 5.74) is 2.19. The fourth-order valence-electron chi connectivity index (χ4n) is 4.79. The van der Waals surface area contributed by atoms with Gasteiger partial charge in [0.05, 0.1) is 6.61 Å². The first-order valence-electron chi connectivity index (χ1n) is 12.9. The van der Waals surface area contributed by atoms with E-state index < -0.39 is 6.04 Å². The van der Waals surface area contributed by atoms with Gasteiger partial charge in [-0.3, -0.25) is 14.6 Å². The second-order valence-corrected chi connectivity index (χ2v) is 9.20. The average Bonchev–Trinajstić information content (AvgIpc) is 2.93. The first kappa shape index (κ1) is 25.4. The molecule has 1 aliphatic rings. The maximum absolute atomic E-state index is 13.9. The highest BCUT2D eigenvalue weighted by molar-refractivity contribution is 5.96. The van der Waals surface area contributed by atoms with Crippen LogP contribution in [0.2, 0.25) is 0 Å². The Hall–Kier alpha value is -3.67. The molecule has 1 unspecified atom stereocenters. The van der Waals surface area contributed by atoms with E-state index >= 15 is 0 Å². The second kappa shape index (κ2) is 12.9. The number of carbonyl (C=O) groups excluding carboxylic acids is 2. The highest BCUT2D eigenvalue weighted by Gasteiger charge is 2.33. The molecule has 1 atom stereocenters. The first-order valence-corrected chi connectivity index (χ1v) is 12.9. The van der Waals surface area contributed by atoms with Crippen molar-refractivity contribution in [3.05, 3.63) is 95.8 Å². The third-order valence-corrected chi connectivity index (χ3v) is 6.65. The van der Waals surface area contributed by atoms with Crippen LogP contribution >= 0.6 is 0 Å². The molecular weight excluding hydrogens is 450 g/mol. The maximum Gasteiger partial charge on any atom is 0.273 e. The predicted molar refractivity (Wildman–Crippen MR) is 141 cm³/mol. The summed E-state index contributed by atoms with van der Waals surface area (Å²) >= 11 is 0. The van der Waals surface area contributed by atoms with Crippen LogP contribution in [0.15, 0.2) is 79.0 Å². The normalized spacial score (nSPS) is 14.6. The van der Waals surface area contributed by atoms with E-state index in [1.807, 2.05) is 61.5 Å². The molecule has 188 valence electrons. The number of rotatable bonds is 10. The fourth-order valence-corrected chi connectivity index (χ4v) is 4.79. The van der Waals surface area contributed by atoms with Gasteiger partial charge in [0, 0.05) is 18.8 Å². The van der Waals surface area contributed by atoms with Gasteiger partial charge < -0.3 is 15.0 Å². The van der Waals surface area contributed by atoms with E-state index in [4.69, 9.17) is 4.74 Å². The molecular formula is C30H35N3O3. The standard InChI is InChI=1S/C30H35N3O3/c1-2-36-26-18-16-24(17-19-26)28(29(34)32-25-13-7-4-8-14-25)33(22-20-23-11-5-3-6-12-23)30(35)27-15-9-10-21-31-27/h3,5-6,9-12,15-19,21,25,28H,2,4,7-8,13-14,20,22H2,1H3,(H,32,34). The molecule has 0 radical (unpaired) electrons. The zero-order chi connectivity index (χ0) is 25.2. The van der Waals surface area contributed by atoms with Crippen molar-refractivity contribution < 1.29 is 14.3 Å². The molecule has 2 amide bonds. The quantitative estimate of drug-likeness (QED) is 0.420. The SMILES string of the molecule is CCOc1ccc(C(C(=O)NC2CCCCC2)N(CCc2ccccc2)C(=O)c2ccccn2)cc1. The molecule has 0 bridgehead atoms. The molecule has 1 fully saturated rings. The summed E-state index contributed by atoms with van der Waals surface area (Å²) in [6.45, 7) is 2.88. The van der Waals surface area contributed by atoms with Gasteiger partial charge in [0.1, 0.15) is 17.5 Å². The molecule has 3 aromatic rings. The fraction of sp³-hybridized carbons (Fsp3) is 0.367. The summed E-state index contributed by atoms with van der Waals surface area (Å²) in [6, 6.07) is 22.2. The summed E-state index contributed by atoms with van der Waals surface area (Å²) in [5.74, 6) is 0.326. The zero-order valence-corrected chi connectivity index (χ0v) is 20.9. The largest absolute Gasteiger partial charge is 0.494 e. The minimum atomic E-state index is -0.777. The van der Waals surface area contributed by atoms with Gasteiger partial charge in [-0.15, -0.1) is 0 Å². The summed E-state index contributed by atoms with van der Waals surface area (Å²) < 4.78 is 5.61. The van der Waals surface area contributed by atoms with Gasteiger partial charge >= 0.3 is 0 Å². The number of nitrogens with one attached hydrogen (secondary N) is 1. The summed E-state index contributed by atoms with van der Waals surface area (Å²) in [4.78, 5) is 33.6. The Morgan fingerprint density at radius 1 is 0.972 bits per heavy atom. The lowest BCUT2D eigenvalue weighted by Gasteiger charge is -2.33. The van der Waals surface area contributed by atoms with Crippen LogP contribution in [0.3, 0.4) is 0 Å². The Morgan fingerprint density at radius 2 is 1.69 bits per heavy atom. The molecule has 4 rings (SSSR count). The van der Waals surface area contributed by atoms with Gasteiger partial charge in [-0.05, 0) is 61.6 Å². The van der Waals surface area contributed by atoms with Crippen molar-refractivity contribution in [2.24, 2.45) is 0 Å². The summed E-state index contributed by atoms with van der Waals surface area (Å²) in [7, 11) is 0. The number of aromatic nitrogens is 1. The van der Waals surface area contributed by atoms with Gasteiger partial charge in [-0.2, -0.15) is 0 Å². The average molecular weight is 486 g/mol. The van der Waals surface area contributed by atoms with Gasteiger partial charge in [-0.25, -0.2) is 0 Å². The lowest BCUT2D eigenvalue weighted by molar-refractivity contribution is -0.126. The second-order valence-electron chi connectivity index (χ2n) is 9.20. The van der Waals surface area contributed by atoms with Crippen LogP contribution in [0.25, 0.3) is 0 Å². The van der Waals surface area contributed by atoms with Crippen molar-refractivity contribution in [1.82, 2.24) is 15.2 Å². The number of hydrogen-bond donors (Lipinski definition) is 1. The van der Waals surface area contributed by atoms with Gasteiger partial charge in [-0.1, -0.05) is 67.8 Å². The molecule has 1 aliphatic carbocycles. The van der Waals surface area contributed by atoms with Crippen LogP contribution in [0.1, 0.15) is 66.7 Å². The number of amides is 2. The number of pyridine rings is 1. The van der Waals surface area contributed by atoms with E-state index in [0.717, 1.165) is 42.6 Å². The molecule has 1 N–H and O–H groups in total. The van der Waals surface area contributed by atoms with E-state index in [-0.39, 0.29) is 17.9 Å². The van der Waals surface area contributed by atoms with E-state index in [0.29, 0.717) is 25.3 Å². The smallest absolute Gasteiger partial charge is 0.273 e. The van der Waals surface area contributed by atoms with Gasteiger partial charge in [0.15, 0.2) is 0 Å². The van der Waals surface area contributed by atoms with Crippen LogP contribution in [-0.2, 0) is 11.2 Å². The minimum Gasteiger partial charge on any atom is -0.494 e. The molecule has 0 aliphatic heterocycles. The van der Waals surface area contributed by atoms with Crippen molar-refractivity contribution in [3.63, 3.8) is 0 Å². The lowest BCUT2D eigenvalue weighted by Crippen LogP contribution is -2.47. The van der Waals surface area contributed by atoms with Crippen molar-refractivity contribution in [2.45, 2.75) is 57.5 Å². The Bertz CT molecular complexity index is 1100. The van der Waals surface area contributed by atoms with Crippen LogP contribution in [-0.4, -0.2) is 40.9 Å². The molecule has 6 nitrogen and oxygen atoms in total. The Labute approximate surface area is 213 Å². The van der Waals surface area contributed by atoms with E-state index in [9.17, 15) is 9.59 Å². The first-order chi connectivity index (χ1) is 17.7. The summed E-state index contributed by atoms with van der Waals surface area (Å²) in [5, 5.41) is 3.26. The molecule has 1 saturated carbocycles. The Balaban J connectivity index is 1.68. The number of carbonyl (C=O) groups is 2. The lowest BCUT2D eigenvalue weighted by atomic mass is 9.94. The monoisotopic (exact) mass is 485 g/mol. The van der Waals surface area contributed by atoms with Gasteiger partial charge in [0.25, 0.3) is 5.91 Å². The molecule has 36 heavy (non-hydrogen) atoms. The molecule has 1 heterocycles. The van der Waals surface area contributed by atoms with Crippen LogP contribution in [0, 0.1) is 0 Å². The van der Waals surface area contributed by atoms with E-state index in [1.165, 1.54) is 6.42 Å². The van der Waals surface area contributed by atoms with Crippen LogP contribution in [0.4, 0.5) is 0 Å². The van der Waals surface area contributed by atoms with Gasteiger partial charge in [0.2, 0.25) is 5.91 Å². The molecule has 0 saturated heterocycles. The number of benzene rings is 2. The zero-order valence-electron chi connectivity index (χ0n) is 20.9. The summed E-state index contributed by atoms with van der Waals surface area (Å²) in [6.07, 6.45) is 7.61. The third kappa shape index (κ3) is 6.72. The van der Waals surface area contributed by atoms with Crippen LogP contribution < -0.4 is 10.1 Å². The Morgan fingerprint density at radius 3 is 2.36 bits per heavy atom. The van der Waals surface area contributed by atoms with Crippen molar-refractivity contribution in [1.29, 1.82) is 0 Å². The molecule has 1 aromatic heterocycles. The van der Waals surface area contributed by atoms with Crippen molar-refractivity contribution in [2.75, 3.05) is 13.2 Å². The topological polar surface area (TPSA) is 71.5 Å². The molecule has 6 heteroatoms. The van der Waals surface area contributed by atoms with E-state index in [1.54, 1.807) is 29.3 Å². The number of nitrogens with zero attached hydrogens (tertiary/aromatic N) is 2. The van der Waals surface area contributed by atoms with Crippen molar-refractivity contribution in [3.8, 4) is 5.75 Å². The molecule has 2 aromatic carbocycles. The number of ether oxygens (including phenoxy) is 1. The van der Waals surface area contributed by atoms with E-state index in [2.05, 4.69) is 10.3 Å². The number of hydrogen-bond acceptors (Lipinski definition) is 4. The predicted octanol–water partition coefficient (Wildman–Crippen LogP) is 5.36. The Kier molecular flexibility index (Phi) is 9.09.